The second-order valence-corrected chi connectivity index (χ2v) is 5.19. The number of hydrogen-bond donors (Lipinski definition) is 2. The molecule has 0 fully saturated rings. The Morgan fingerprint density at radius 1 is 1.05 bits per heavy atom. The number of carbonyl (C=O) groups excluding carboxylic acids is 1. The van der Waals surface area contributed by atoms with E-state index in [2.05, 4.69) is 5.32 Å². The van der Waals surface area contributed by atoms with Crippen molar-refractivity contribution in [1.82, 2.24) is 5.32 Å². The van der Waals surface area contributed by atoms with E-state index in [9.17, 15) is 9.59 Å². The van der Waals surface area contributed by atoms with Gasteiger partial charge in [-0.3, -0.25) is 4.79 Å². The van der Waals surface area contributed by atoms with Crippen molar-refractivity contribution in [1.29, 1.82) is 0 Å². The van der Waals surface area contributed by atoms with Crippen LogP contribution in [0.3, 0.4) is 0 Å². The van der Waals surface area contributed by atoms with E-state index in [1.807, 2.05) is 13.8 Å². The first-order valence-electron chi connectivity index (χ1n) is 6.52. The number of carbonyl (C=O) groups is 2. The van der Waals surface area contributed by atoms with Crippen molar-refractivity contribution >= 4 is 22.6 Å². The summed E-state index contributed by atoms with van der Waals surface area (Å²) in [5.74, 6) is -0.661. The molecule has 0 heterocycles. The number of nitrogens with one attached hydrogen (secondary N) is 1. The Hall–Kier alpha value is -2.36. The van der Waals surface area contributed by atoms with Gasteiger partial charge in [0.05, 0.1) is 5.56 Å². The summed E-state index contributed by atoms with van der Waals surface area (Å²) in [5, 5.41) is 13.5. The molecule has 0 bridgehead atoms. The predicted molar refractivity (Wildman–Crippen MR) is 78.1 cm³/mol. The minimum Gasteiger partial charge on any atom is -0.478 e. The molecule has 0 saturated carbocycles. The molecule has 0 radical (unpaired) electrons. The Kier molecular flexibility index (Phi) is 4.03. The van der Waals surface area contributed by atoms with E-state index in [-0.39, 0.29) is 11.5 Å². The van der Waals surface area contributed by atoms with Crippen LogP contribution in [0.2, 0.25) is 0 Å². The molecule has 104 valence electrons. The van der Waals surface area contributed by atoms with Crippen LogP contribution in [0, 0.1) is 5.92 Å². The maximum atomic E-state index is 12.0. The van der Waals surface area contributed by atoms with E-state index in [4.69, 9.17) is 5.11 Å². The van der Waals surface area contributed by atoms with Gasteiger partial charge in [-0.05, 0) is 41.0 Å². The lowest BCUT2D eigenvalue weighted by molar-refractivity contribution is 0.0696. The van der Waals surface area contributed by atoms with Crippen LogP contribution in [0.15, 0.2) is 36.4 Å². The smallest absolute Gasteiger partial charge is 0.335 e. The van der Waals surface area contributed by atoms with E-state index in [1.165, 1.54) is 0 Å². The van der Waals surface area contributed by atoms with Gasteiger partial charge in [0.15, 0.2) is 0 Å². The highest BCUT2D eigenvalue weighted by atomic mass is 16.4. The summed E-state index contributed by atoms with van der Waals surface area (Å²) in [6.45, 7) is 4.71. The minimum absolute atomic E-state index is 0.108. The molecule has 0 aliphatic rings. The van der Waals surface area contributed by atoms with Gasteiger partial charge in [0.1, 0.15) is 0 Å². The highest BCUT2D eigenvalue weighted by Gasteiger charge is 2.08. The Labute approximate surface area is 117 Å². The number of benzene rings is 2. The van der Waals surface area contributed by atoms with Crippen molar-refractivity contribution in [3.05, 3.63) is 47.5 Å². The Morgan fingerprint density at radius 3 is 2.15 bits per heavy atom. The van der Waals surface area contributed by atoms with Crippen LogP contribution < -0.4 is 5.32 Å². The van der Waals surface area contributed by atoms with Gasteiger partial charge in [-0.25, -0.2) is 4.79 Å². The number of hydrogen-bond acceptors (Lipinski definition) is 2. The van der Waals surface area contributed by atoms with Gasteiger partial charge in [-0.1, -0.05) is 26.0 Å². The maximum absolute atomic E-state index is 12.0. The molecule has 0 aliphatic carbocycles. The van der Waals surface area contributed by atoms with Crippen molar-refractivity contribution in [2.45, 2.75) is 13.8 Å². The first-order valence-corrected chi connectivity index (χ1v) is 6.52. The van der Waals surface area contributed by atoms with Crippen molar-refractivity contribution in [3.63, 3.8) is 0 Å². The monoisotopic (exact) mass is 271 g/mol. The maximum Gasteiger partial charge on any atom is 0.335 e. The molecular formula is C16H17NO3. The normalized spacial score (nSPS) is 10.8. The Bertz CT molecular complexity index is 662. The van der Waals surface area contributed by atoms with Crippen LogP contribution >= 0.6 is 0 Å². The molecule has 0 aliphatic heterocycles. The zero-order valence-corrected chi connectivity index (χ0v) is 11.5. The zero-order valence-electron chi connectivity index (χ0n) is 11.5. The largest absolute Gasteiger partial charge is 0.478 e. The first-order chi connectivity index (χ1) is 9.47. The number of carboxylic acid groups (broad SMARTS) is 1. The van der Waals surface area contributed by atoms with Crippen LogP contribution in [-0.4, -0.2) is 23.5 Å². The summed E-state index contributed by atoms with van der Waals surface area (Å²) in [4.78, 5) is 22.9. The van der Waals surface area contributed by atoms with Gasteiger partial charge in [-0.2, -0.15) is 0 Å². The average Bonchev–Trinajstić information content (AvgIpc) is 2.43. The lowest BCUT2D eigenvalue weighted by atomic mass is 10.0. The molecule has 2 N–H and O–H groups in total. The van der Waals surface area contributed by atoms with Gasteiger partial charge < -0.3 is 10.4 Å². The second-order valence-electron chi connectivity index (χ2n) is 5.19. The van der Waals surface area contributed by atoms with Gasteiger partial charge in [0.2, 0.25) is 0 Å². The van der Waals surface area contributed by atoms with Gasteiger partial charge >= 0.3 is 5.97 Å². The average molecular weight is 271 g/mol. The fourth-order valence-corrected chi connectivity index (χ4v) is 1.92. The zero-order chi connectivity index (χ0) is 14.7. The second kappa shape index (κ2) is 5.74. The van der Waals surface area contributed by atoms with Crippen LogP contribution in [0.1, 0.15) is 34.6 Å². The van der Waals surface area contributed by atoms with Crippen LogP contribution in [0.4, 0.5) is 0 Å². The summed E-state index contributed by atoms with van der Waals surface area (Å²) < 4.78 is 0. The van der Waals surface area contributed by atoms with E-state index in [0.29, 0.717) is 18.0 Å². The quantitative estimate of drug-likeness (QED) is 0.898. The molecule has 0 atom stereocenters. The summed E-state index contributed by atoms with van der Waals surface area (Å²) in [7, 11) is 0. The fourth-order valence-electron chi connectivity index (χ4n) is 1.92. The van der Waals surface area contributed by atoms with Crippen molar-refractivity contribution in [3.8, 4) is 0 Å². The van der Waals surface area contributed by atoms with Crippen molar-refractivity contribution in [2.75, 3.05) is 6.54 Å². The molecule has 4 nitrogen and oxygen atoms in total. The third-order valence-electron chi connectivity index (χ3n) is 3.02. The molecule has 1 amide bonds. The number of aromatic carboxylic acids is 1. The Morgan fingerprint density at radius 2 is 1.60 bits per heavy atom. The molecule has 0 aromatic heterocycles. The van der Waals surface area contributed by atoms with Gasteiger partial charge in [-0.15, -0.1) is 0 Å². The SMILES string of the molecule is CC(C)CNC(=O)c1ccc2cc(C(=O)O)ccc2c1. The molecule has 0 unspecified atom stereocenters. The summed E-state index contributed by atoms with van der Waals surface area (Å²) in [6.07, 6.45) is 0. The van der Waals surface area contributed by atoms with E-state index in [0.717, 1.165) is 10.8 Å². The lowest BCUT2D eigenvalue weighted by Gasteiger charge is -2.08. The van der Waals surface area contributed by atoms with Gasteiger partial charge in [0.25, 0.3) is 5.91 Å². The molecule has 2 aromatic carbocycles. The third kappa shape index (κ3) is 3.15. The van der Waals surface area contributed by atoms with E-state index < -0.39 is 5.97 Å². The molecule has 4 heteroatoms. The number of carboxylic acids is 1. The third-order valence-corrected chi connectivity index (χ3v) is 3.02. The molecule has 0 spiro atoms. The van der Waals surface area contributed by atoms with Crippen molar-refractivity contribution in [2.24, 2.45) is 5.92 Å². The van der Waals surface area contributed by atoms with Crippen molar-refractivity contribution < 1.29 is 14.7 Å². The summed E-state index contributed by atoms with van der Waals surface area (Å²) >= 11 is 0. The minimum atomic E-state index is -0.953. The van der Waals surface area contributed by atoms with Crippen LogP contribution in [0.25, 0.3) is 10.8 Å². The molecule has 2 rings (SSSR count). The van der Waals surface area contributed by atoms with Crippen LogP contribution in [-0.2, 0) is 0 Å². The fraction of sp³-hybridized carbons (Fsp3) is 0.250. The summed E-state index contributed by atoms with van der Waals surface area (Å²) in [5.41, 5.74) is 0.829. The predicted octanol–water partition coefficient (Wildman–Crippen LogP) is 2.92. The van der Waals surface area contributed by atoms with Gasteiger partial charge in [0, 0.05) is 12.1 Å². The van der Waals surface area contributed by atoms with Crippen LogP contribution in [0.5, 0.6) is 0 Å². The number of rotatable bonds is 4. The molecule has 0 saturated heterocycles. The number of amides is 1. The lowest BCUT2D eigenvalue weighted by Crippen LogP contribution is -2.27. The highest BCUT2D eigenvalue weighted by molar-refractivity contribution is 6.00. The molecule has 2 aromatic rings. The van der Waals surface area contributed by atoms with E-state index in [1.54, 1.807) is 36.4 Å². The summed E-state index contributed by atoms with van der Waals surface area (Å²) in [6, 6.07) is 10.1. The van der Waals surface area contributed by atoms with E-state index >= 15 is 0 Å². The molecule has 20 heavy (non-hydrogen) atoms. The number of fused-ring (bicyclic) bond motifs is 1. The topological polar surface area (TPSA) is 66.4 Å². The first kappa shape index (κ1) is 14.1. The highest BCUT2D eigenvalue weighted by Crippen LogP contribution is 2.18. The standard InChI is InChI=1S/C16H17NO3/c1-10(2)9-17-15(18)13-5-3-12-8-14(16(19)20)6-4-11(12)7-13/h3-8,10H,9H2,1-2H3,(H,17,18)(H,19,20). The Balaban J connectivity index is 2.28. The molecular weight excluding hydrogens is 254 g/mol.